The summed E-state index contributed by atoms with van der Waals surface area (Å²) in [6.07, 6.45) is 8.55. The molecule has 4 aromatic rings. The average Bonchev–Trinajstić information content (AvgIpc) is 3.62. The van der Waals surface area contributed by atoms with Gasteiger partial charge in [-0.15, -0.1) is 0 Å². The second kappa shape index (κ2) is 11.9. The molecule has 0 amide bonds. The van der Waals surface area contributed by atoms with Crippen molar-refractivity contribution in [2.75, 3.05) is 18.4 Å². The summed E-state index contributed by atoms with van der Waals surface area (Å²) < 4.78 is 30.9. The van der Waals surface area contributed by atoms with Gasteiger partial charge in [-0.2, -0.15) is 14.7 Å². The number of hydrogen-bond donors (Lipinski definition) is 2. The van der Waals surface area contributed by atoms with E-state index in [9.17, 15) is 13.7 Å². The summed E-state index contributed by atoms with van der Waals surface area (Å²) in [5.41, 5.74) is 4.07. The molecule has 2 N–H and O–H groups in total. The van der Waals surface area contributed by atoms with Gasteiger partial charge in [0.05, 0.1) is 47.1 Å². The van der Waals surface area contributed by atoms with Crippen LogP contribution in [0.15, 0.2) is 48.3 Å². The van der Waals surface area contributed by atoms with Crippen LogP contribution in [0.4, 0.5) is 5.95 Å². The summed E-state index contributed by atoms with van der Waals surface area (Å²) in [4.78, 5) is 17.8. The Morgan fingerprint density at radius 2 is 1.95 bits per heavy atom. The normalized spacial score (nSPS) is 17.9. The van der Waals surface area contributed by atoms with Crippen molar-refractivity contribution in [2.45, 2.75) is 43.1 Å². The molecule has 43 heavy (non-hydrogen) atoms. The highest BCUT2D eigenvalue weighted by molar-refractivity contribution is 7.89. The summed E-state index contributed by atoms with van der Waals surface area (Å²) in [6, 6.07) is 6.08. The minimum absolute atomic E-state index is 0.00898. The van der Waals surface area contributed by atoms with Gasteiger partial charge in [-0.05, 0) is 31.4 Å². The maximum Gasteiger partial charge on any atom is 0.262 e. The van der Waals surface area contributed by atoms with E-state index in [1.54, 1.807) is 22.5 Å². The van der Waals surface area contributed by atoms with E-state index in [-0.39, 0.29) is 22.2 Å². The molecule has 5 heterocycles. The molecule has 0 radical (unpaired) electrons. The van der Waals surface area contributed by atoms with Crippen LogP contribution < -0.4 is 10.6 Å². The van der Waals surface area contributed by atoms with E-state index in [0.29, 0.717) is 48.8 Å². The van der Waals surface area contributed by atoms with Crippen LogP contribution in [-0.2, 0) is 23.6 Å². The Morgan fingerprint density at radius 3 is 2.60 bits per heavy atom. The zero-order valence-electron chi connectivity index (χ0n) is 25.3. The third-order valence-electron chi connectivity index (χ3n) is 7.40. The molecule has 5 rings (SSSR count). The maximum absolute atomic E-state index is 13.1. The van der Waals surface area contributed by atoms with Gasteiger partial charge in [0, 0.05) is 50.7 Å². The number of anilines is 1. The van der Waals surface area contributed by atoms with Crippen LogP contribution >= 0.6 is 0 Å². The second-order valence-electron chi connectivity index (χ2n) is 12.0. The standard InChI is InChI=1S/C26H34B3N11O2S/c1-16-12-39(43(41,42)23-14-38(3)15-32-23)7-6-21(16)36-25-31-9-18(8-30)24(37-25)19-10-34-40(13-19)22-5-4-20(35-17(22)2)11-33-26(27,28)29/h4-5,9-10,13-16,21,33H,6-7,11-12,27-29H2,1-3H3,(H,31,36,37)/t16-,21+/m1/s1. The zero-order valence-corrected chi connectivity index (χ0v) is 26.1. The minimum Gasteiger partial charge on any atom is -0.351 e. The second-order valence-corrected chi connectivity index (χ2v) is 13.9. The van der Waals surface area contributed by atoms with Gasteiger partial charge in [0.25, 0.3) is 10.0 Å². The van der Waals surface area contributed by atoms with Crippen LogP contribution in [0.5, 0.6) is 0 Å². The van der Waals surface area contributed by atoms with Gasteiger partial charge in [0.1, 0.15) is 29.6 Å². The first-order valence-corrected chi connectivity index (χ1v) is 15.6. The van der Waals surface area contributed by atoms with Gasteiger partial charge < -0.3 is 15.2 Å². The van der Waals surface area contributed by atoms with Crippen LogP contribution in [0.1, 0.15) is 30.3 Å². The number of nitrogens with one attached hydrogen (secondary N) is 2. The monoisotopic (exact) mass is 597 g/mol. The third kappa shape index (κ3) is 6.82. The SMILES string of the molecule is BC(B)(B)NCc1ccc(-n2cc(-c3nc(N[C@H]4CCN(S(=O)(=O)c5cn(C)cn5)C[C@H]4C)ncc3C#N)cn2)c(C)n1. The molecule has 1 aliphatic heterocycles. The number of rotatable bonds is 9. The Morgan fingerprint density at radius 1 is 1.16 bits per heavy atom. The number of imidazole rings is 1. The lowest BCUT2D eigenvalue weighted by atomic mass is 9.49. The highest BCUT2D eigenvalue weighted by Gasteiger charge is 2.35. The molecule has 0 spiro atoms. The Bertz CT molecular complexity index is 1780. The maximum atomic E-state index is 13.1. The molecule has 220 valence electrons. The van der Waals surface area contributed by atoms with Crippen LogP contribution in [-0.4, -0.2) is 94.9 Å². The first-order chi connectivity index (χ1) is 20.3. The summed E-state index contributed by atoms with van der Waals surface area (Å²) in [6.45, 7) is 5.28. The molecule has 0 saturated carbocycles. The molecule has 17 heteroatoms. The topological polar surface area (TPSA) is 160 Å². The molecule has 1 aliphatic rings. The largest absolute Gasteiger partial charge is 0.351 e. The lowest BCUT2D eigenvalue weighted by Crippen LogP contribution is -2.47. The molecular formula is C26H34B3N11O2S. The van der Waals surface area contributed by atoms with Crippen LogP contribution in [0, 0.1) is 24.2 Å². The van der Waals surface area contributed by atoms with E-state index >= 15 is 0 Å². The van der Waals surface area contributed by atoms with Gasteiger partial charge in [0.15, 0.2) is 5.03 Å². The molecule has 0 bridgehead atoms. The average molecular weight is 597 g/mol. The summed E-state index contributed by atoms with van der Waals surface area (Å²) in [5, 5.41) is 21.2. The fourth-order valence-corrected chi connectivity index (χ4v) is 6.51. The van der Waals surface area contributed by atoms with Gasteiger partial charge in [0.2, 0.25) is 5.95 Å². The van der Waals surface area contributed by atoms with Gasteiger partial charge in [-0.25, -0.2) is 28.1 Å². The zero-order chi connectivity index (χ0) is 30.9. The van der Waals surface area contributed by atoms with E-state index < -0.39 is 10.0 Å². The molecule has 0 aliphatic carbocycles. The quantitative estimate of drug-likeness (QED) is 0.223. The fourth-order valence-electron chi connectivity index (χ4n) is 4.99. The van der Waals surface area contributed by atoms with Crippen LogP contribution in [0.25, 0.3) is 16.9 Å². The number of aryl methyl sites for hydroxylation is 2. The van der Waals surface area contributed by atoms with Gasteiger partial charge in [-0.3, -0.25) is 4.98 Å². The van der Waals surface area contributed by atoms with Gasteiger partial charge >= 0.3 is 0 Å². The molecule has 13 nitrogen and oxygen atoms in total. The molecule has 0 unspecified atom stereocenters. The number of piperidine rings is 1. The molecular weight excluding hydrogens is 563 g/mol. The summed E-state index contributed by atoms with van der Waals surface area (Å²) in [7, 11) is 4.42. The van der Waals surface area contributed by atoms with E-state index in [1.807, 2.05) is 32.2 Å². The van der Waals surface area contributed by atoms with E-state index in [2.05, 4.69) is 60.3 Å². The molecule has 1 fully saturated rings. The summed E-state index contributed by atoms with van der Waals surface area (Å²) >= 11 is 0. The highest BCUT2D eigenvalue weighted by Crippen LogP contribution is 2.27. The molecule has 2 atom stereocenters. The fraction of sp³-hybridized carbons (Fsp3) is 0.385. The highest BCUT2D eigenvalue weighted by atomic mass is 32.2. The first kappa shape index (κ1) is 30.5. The van der Waals surface area contributed by atoms with E-state index in [1.165, 1.54) is 23.0 Å². The molecule has 4 aromatic heterocycles. The van der Waals surface area contributed by atoms with Crippen molar-refractivity contribution in [3.63, 3.8) is 0 Å². The smallest absolute Gasteiger partial charge is 0.262 e. The number of nitriles is 1. The van der Waals surface area contributed by atoms with Gasteiger partial charge in [-0.1, -0.05) is 12.2 Å². The van der Waals surface area contributed by atoms with Crippen molar-refractivity contribution in [3.05, 3.63) is 60.2 Å². The predicted octanol–water partition coefficient (Wildman–Crippen LogP) is -1.25. The lowest BCUT2D eigenvalue weighted by Gasteiger charge is -2.36. The van der Waals surface area contributed by atoms with Crippen LogP contribution in [0.3, 0.4) is 0 Å². The lowest BCUT2D eigenvalue weighted by molar-refractivity contribution is 0.260. The van der Waals surface area contributed by atoms with Crippen molar-refractivity contribution < 1.29 is 8.42 Å². The van der Waals surface area contributed by atoms with Crippen LogP contribution in [0.2, 0.25) is 0 Å². The van der Waals surface area contributed by atoms with Crippen molar-refractivity contribution in [1.29, 1.82) is 5.26 Å². The Balaban J connectivity index is 1.31. The van der Waals surface area contributed by atoms with Crippen molar-refractivity contribution in [1.82, 2.24) is 43.9 Å². The number of aromatic nitrogens is 7. The molecule has 1 saturated heterocycles. The van der Waals surface area contributed by atoms with Crippen molar-refractivity contribution >= 4 is 39.5 Å². The third-order valence-corrected chi connectivity index (χ3v) is 9.15. The Hall–Kier alpha value is -4.00. The van der Waals surface area contributed by atoms with E-state index in [4.69, 9.17) is 4.98 Å². The predicted molar refractivity (Wildman–Crippen MR) is 170 cm³/mol. The summed E-state index contributed by atoms with van der Waals surface area (Å²) in [5.74, 6) is 0.350. The number of nitrogens with zero attached hydrogens (tertiary/aromatic N) is 9. The number of sulfonamides is 1. The van der Waals surface area contributed by atoms with Crippen molar-refractivity contribution in [2.24, 2.45) is 13.0 Å². The Labute approximate surface area is 254 Å². The molecule has 0 aromatic carbocycles. The van der Waals surface area contributed by atoms with Crippen molar-refractivity contribution in [3.8, 4) is 23.0 Å². The number of hydrogen-bond acceptors (Lipinski definition) is 10. The number of pyridine rings is 1. The van der Waals surface area contributed by atoms with E-state index in [0.717, 1.165) is 17.1 Å². The minimum atomic E-state index is -3.67. The Kier molecular flexibility index (Phi) is 8.46. The first-order valence-electron chi connectivity index (χ1n) is 14.1.